The number of ether oxygens (including phenoxy) is 2. The molecule has 4 aromatic rings. The molecule has 0 saturated carbocycles. The summed E-state index contributed by atoms with van der Waals surface area (Å²) in [6.07, 6.45) is 3.85. The molecule has 7 heteroatoms. The van der Waals surface area contributed by atoms with Crippen molar-refractivity contribution < 1.29 is 9.47 Å². The third-order valence-corrected chi connectivity index (χ3v) is 6.19. The Labute approximate surface area is 198 Å². The molecule has 1 N–H and O–H groups in total. The number of thiocarbonyl (C=S) groups is 1. The van der Waals surface area contributed by atoms with Gasteiger partial charge in [0, 0.05) is 18.1 Å². The van der Waals surface area contributed by atoms with Crippen LogP contribution < -0.4 is 19.7 Å². The molecule has 2 aromatic carbocycles. The van der Waals surface area contributed by atoms with E-state index in [0.717, 1.165) is 34.3 Å². The van der Waals surface area contributed by atoms with Crippen LogP contribution in [-0.2, 0) is 0 Å². The largest absolute Gasteiger partial charge is 0.495 e. The first-order valence-electron chi connectivity index (χ1n) is 10.7. The lowest BCUT2D eigenvalue weighted by Gasteiger charge is -2.30. The number of pyridine rings is 1. The van der Waals surface area contributed by atoms with Crippen molar-refractivity contribution in [2.24, 2.45) is 0 Å². The highest BCUT2D eigenvalue weighted by molar-refractivity contribution is 7.80. The van der Waals surface area contributed by atoms with Gasteiger partial charge in [0.1, 0.15) is 17.5 Å². The molecular weight excluding hydrogens is 432 g/mol. The lowest BCUT2D eigenvalue weighted by molar-refractivity contribution is 0.411. The Morgan fingerprint density at radius 3 is 2.18 bits per heavy atom. The van der Waals surface area contributed by atoms with E-state index in [1.165, 1.54) is 0 Å². The average Bonchev–Trinajstić information content (AvgIpc) is 3.48. The number of rotatable bonds is 6. The number of nitrogens with zero attached hydrogens (tertiary/aromatic N) is 3. The Morgan fingerprint density at radius 2 is 1.48 bits per heavy atom. The third-order valence-electron chi connectivity index (χ3n) is 5.87. The third kappa shape index (κ3) is 3.70. The van der Waals surface area contributed by atoms with Gasteiger partial charge in [0.2, 0.25) is 0 Å². The zero-order valence-corrected chi connectivity index (χ0v) is 19.2. The van der Waals surface area contributed by atoms with E-state index >= 15 is 0 Å². The highest BCUT2D eigenvalue weighted by Gasteiger charge is 2.43. The maximum Gasteiger partial charge on any atom is 0.174 e. The molecule has 1 aliphatic heterocycles. The van der Waals surface area contributed by atoms with Crippen LogP contribution in [0.25, 0.3) is 5.69 Å². The van der Waals surface area contributed by atoms with Gasteiger partial charge in [-0.15, -0.1) is 0 Å². The number of nitrogens with one attached hydrogen (secondary N) is 1. The zero-order valence-electron chi connectivity index (χ0n) is 18.4. The van der Waals surface area contributed by atoms with Crippen LogP contribution in [0.15, 0.2) is 91.3 Å². The molecule has 1 aliphatic rings. The first-order chi connectivity index (χ1) is 16.2. The highest BCUT2D eigenvalue weighted by atomic mass is 32.1. The Kier molecular flexibility index (Phi) is 5.71. The van der Waals surface area contributed by atoms with E-state index < -0.39 is 0 Å². The molecule has 0 aliphatic carbocycles. The molecule has 2 aromatic heterocycles. The van der Waals surface area contributed by atoms with Crippen molar-refractivity contribution in [1.82, 2.24) is 14.9 Å². The Balaban J connectivity index is 1.71. The minimum atomic E-state index is -0.177. The molecule has 5 rings (SSSR count). The molecule has 2 atom stereocenters. The SMILES string of the molecule is COc1ccccc1N1C(=S)N[C@H](c2ccccn2)[C@@H]1c1cccn1-c1ccccc1OC. The van der Waals surface area contributed by atoms with Crippen molar-refractivity contribution in [1.29, 1.82) is 0 Å². The molecular formula is C26H24N4O2S. The fraction of sp³-hybridized carbons (Fsp3) is 0.154. The maximum atomic E-state index is 5.86. The van der Waals surface area contributed by atoms with Crippen molar-refractivity contribution in [3.63, 3.8) is 0 Å². The standard InChI is InChI=1S/C26H24N4O2S/c1-31-22-14-5-3-11-19(22)29-17-9-13-21(29)25-24(18-10-7-8-16-27-18)28-26(33)30(25)20-12-4-6-15-23(20)32-2/h3-17,24-25H,1-2H3,(H,28,33)/t24-,25+/m1/s1. The smallest absolute Gasteiger partial charge is 0.174 e. The van der Waals surface area contributed by atoms with Crippen LogP contribution in [-0.4, -0.2) is 28.9 Å². The molecule has 0 bridgehead atoms. The number of hydrogen-bond donors (Lipinski definition) is 1. The second-order valence-corrected chi connectivity index (χ2v) is 8.03. The van der Waals surface area contributed by atoms with Crippen molar-refractivity contribution in [2.75, 3.05) is 19.1 Å². The van der Waals surface area contributed by atoms with Crippen LogP contribution in [0.4, 0.5) is 5.69 Å². The van der Waals surface area contributed by atoms with Crippen LogP contribution in [0.2, 0.25) is 0 Å². The monoisotopic (exact) mass is 456 g/mol. The molecule has 33 heavy (non-hydrogen) atoms. The fourth-order valence-electron chi connectivity index (χ4n) is 4.43. The van der Waals surface area contributed by atoms with Gasteiger partial charge in [-0.3, -0.25) is 4.98 Å². The molecule has 3 heterocycles. The average molecular weight is 457 g/mol. The van der Waals surface area contributed by atoms with Gasteiger partial charge in [-0.25, -0.2) is 0 Å². The molecule has 0 unspecified atom stereocenters. The van der Waals surface area contributed by atoms with Crippen molar-refractivity contribution in [3.8, 4) is 17.2 Å². The van der Waals surface area contributed by atoms with Crippen LogP contribution in [0, 0.1) is 0 Å². The summed E-state index contributed by atoms with van der Waals surface area (Å²) >= 11 is 5.86. The molecule has 0 spiro atoms. The summed E-state index contributed by atoms with van der Waals surface area (Å²) in [7, 11) is 3.36. The number of hydrogen-bond acceptors (Lipinski definition) is 4. The first-order valence-corrected chi connectivity index (χ1v) is 11.1. The molecule has 1 fully saturated rings. The fourth-order valence-corrected chi connectivity index (χ4v) is 4.77. The van der Waals surface area contributed by atoms with Gasteiger partial charge < -0.3 is 24.3 Å². The normalized spacial score (nSPS) is 17.6. The molecule has 1 saturated heterocycles. The Morgan fingerprint density at radius 1 is 0.818 bits per heavy atom. The number of benzene rings is 2. The van der Waals surface area contributed by atoms with Crippen molar-refractivity contribution in [2.45, 2.75) is 12.1 Å². The van der Waals surface area contributed by atoms with Gasteiger partial charge in [-0.1, -0.05) is 30.3 Å². The summed E-state index contributed by atoms with van der Waals surface area (Å²) in [5, 5.41) is 4.13. The Bertz CT molecular complexity index is 1270. The quantitative estimate of drug-likeness (QED) is 0.409. The van der Waals surface area contributed by atoms with Gasteiger partial charge in [0.15, 0.2) is 5.11 Å². The lowest BCUT2D eigenvalue weighted by atomic mass is 10.0. The summed E-state index contributed by atoms with van der Waals surface area (Å²) in [5.41, 5.74) is 3.81. The minimum absolute atomic E-state index is 0.160. The van der Waals surface area contributed by atoms with Crippen molar-refractivity contribution >= 4 is 23.0 Å². The van der Waals surface area contributed by atoms with E-state index in [-0.39, 0.29) is 12.1 Å². The number of methoxy groups -OCH3 is 2. The van der Waals surface area contributed by atoms with E-state index in [0.29, 0.717) is 5.11 Å². The molecule has 166 valence electrons. The van der Waals surface area contributed by atoms with Gasteiger partial charge in [-0.2, -0.15) is 0 Å². The second kappa shape index (κ2) is 8.96. The Hall–Kier alpha value is -3.84. The summed E-state index contributed by atoms with van der Waals surface area (Å²) < 4.78 is 13.5. The van der Waals surface area contributed by atoms with Crippen LogP contribution in [0.1, 0.15) is 23.5 Å². The predicted molar refractivity (Wildman–Crippen MR) is 133 cm³/mol. The van der Waals surface area contributed by atoms with Crippen LogP contribution in [0.3, 0.4) is 0 Å². The summed E-state index contributed by atoms with van der Waals surface area (Å²) in [6, 6.07) is 25.7. The molecule has 0 amide bonds. The van der Waals surface area contributed by atoms with E-state index in [9.17, 15) is 0 Å². The summed E-state index contributed by atoms with van der Waals surface area (Å²) in [4.78, 5) is 6.77. The highest BCUT2D eigenvalue weighted by Crippen LogP contribution is 2.45. The van der Waals surface area contributed by atoms with Gasteiger partial charge >= 0.3 is 0 Å². The summed E-state index contributed by atoms with van der Waals surface area (Å²) in [6.45, 7) is 0. The zero-order chi connectivity index (χ0) is 22.8. The number of para-hydroxylation sites is 4. The van der Waals surface area contributed by atoms with Crippen LogP contribution >= 0.6 is 12.2 Å². The summed E-state index contributed by atoms with van der Waals surface area (Å²) in [5.74, 6) is 1.55. The maximum absolute atomic E-state index is 5.86. The lowest BCUT2D eigenvalue weighted by Crippen LogP contribution is -2.30. The first kappa shape index (κ1) is 21.0. The predicted octanol–water partition coefficient (Wildman–Crippen LogP) is 5.07. The van der Waals surface area contributed by atoms with E-state index in [4.69, 9.17) is 21.7 Å². The van der Waals surface area contributed by atoms with Gasteiger partial charge in [0.05, 0.1) is 37.3 Å². The minimum Gasteiger partial charge on any atom is -0.495 e. The van der Waals surface area contributed by atoms with Gasteiger partial charge in [0.25, 0.3) is 0 Å². The van der Waals surface area contributed by atoms with E-state index in [1.807, 2.05) is 85.2 Å². The van der Waals surface area contributed by atoms with Crippen LogP contribution in [0.5, 0.6) is 11.5 Å². The van der Waals surface area contributed by atoms with E-state index in [2.05, 4.69) is 25.8 Å². The number of anilines is 1. The van der Waals surface area contributed by atoms with E-state index in [1.54, 1.807) is 14.2 Å². The topological polar surface area (TPSA) is 51.5 Å². The molecule has 0 radical (unpaired) electrons. The molecule has 6 nitrogen and oxygen atoms in total. The van der Waals surface area contributed by atoms with Crippen molar-refractivity contribution in [3.05, 3.63) is 103 Å². The van der Waals surface area contributed by atoms with Gasteiger partial charge in [-0.05, 0) is 60.7 Å². The number of aromatic nitrogens is 2. The second-order valence-electron chi connectivity index (χ2n) is 7.64.